The van der Waals surface area contributed by atoms with Crippen LogP contribution in [0.15, 0.2) is 47.1 Å². The monoisotopic (exact) mass is 502 g/mol. The first-order chi connectivity index (χ1) is 15.9. The van der Waals surface area contributed by atoms with Crippen LogP contribution in [0.5, 0.6) is 5.88 Å². The Bertz CT molecular complexity index is 1300. The van der Waals surface area contributed by atoms with Crippen molar-refractivity contribution < 1.29 is 9.90 Å². The molecule has 5 rings (SSSR count). The van der Waals surface area contributed by atoms with Crippen molar-refractivity contribution in [2.24, 2.45) is 17.8 Å². The van der Waals surface area contributed by atoms with Crippen LogP contribution in [0.2, 0.25) is 0 Å². The summed E-state index contributed by atoms with van der Waals surface area (Å²) >= 11 is 3.36. The number of benzene rings is 1. The molecule has 1 unspecified atom stereocenters. The highest BCUT2D eigenvalue weighted by Gasteiger charge is 2.56. The zero-order valence-electron chi connectivity index (χ0n) is 18.4. The Labute approximate surface area is 200 Å². The van der Waals surface area contributed by atoms with Gasteiger partial charge in [-0.25, -0.2) is 15.0 Å². The normalized spacial score (nSPS) is 26.2. The molecule has 1 N–H and O–H groups in total. The minimum absolute atomic E-state index is 0.0372. The van der Waals surface area contributed by atoms with Gasteiger partial charge in [-0.1, -0.05) is 37.3 Å². The van der Waals surface area contributed by atoms with Gasteiger partial charge in [-0.2, -0.15) is 5.26 Å². The van der Waals surface area contributed by atoms with Gasteiger partial charge in [0.05, 0.1) is 21.9 Å². The fourth-order valence-electron chi connectivity index (χ4n) is 5.90. The molecule has 166 valence electrons. The summed E-state index contributed by atoms with van der Waals surface area (Å²) in [6.07, 6.45) is 3.58. The number of Topliss-reactive ketones (excluding diaryl/α,β-unsaturated/α-hetero) is 1. The van der Waals surface area contributed by atoms with Crippen molar-refractivity contribution in [1.82, 2.24) is 15.0 Å². The molecule has 0 radical (unpaired) electrons. The molecule has 2 aromatic heterocycles. The average molecular weight is 503 g/mol. The zero-order chi connectivity index (χ0) is 23.3. The molecule has 2 aliphatic carbocycles. The number of aromatic hydroxyl groups is 1. The van der Waals surface area contributed by atoms with E-state index in [-0.39, 0.29) is 23.5 Å². The Morgan fingerprint density at radius 3 is 2.70 bits per heavy atom. The fourth-order valence-corrected chi connectivity index (χ4v) is 6.25. The molecule has 0 saturated heterocycles. The Morgan fingerprint density at radius 1 is 1.24 bits per heavy atom. The van der Waals surface area contributed by atoms with Crippen LogP contribution in [0.1, 0.15) is 42.4 Å². The number of nitriles is 1. The number of halogens is 1. The van der Waals surface area contributed by atoms with Gasteiger partial charge in [-0.15, -0.1) is 0 Å². The zero-order valence-corrected chi connectivity index (χ0v) is 20.0. The highest BCUT2D eigenvalue weighted by Crippen LogP contribution is 2.56. The van der Waals surface area contributed by atoms with Gasteiger partial charge in [0.1, 0.15) is 11.7 Å². The number of aromatic nitrogens is 3. The van der Waals surface area contributed by atoms with E-state index in [0.29, 0.717) is 16.7 Å². The number of carbonyl (C=O) groups excluding carboxylic acids is 1. The molecule has 0 spiro atoms. The van der Waals surface area contributed by atoms with Gasteiger partial charge in [-0.05, 0) is 59.7 Å². The summed E-state index contributed by atoms with van der Waals surface area (Å²) in [7, 11) is 0. The predicted octanol–water partition coefficient (Wildman–Crippen LogP) is 4.91. The molecule has 4 atom stereocenters. The smallest absolute Gasteiger partial charge is 0.225 e. The largest absolute Gasteiger partial charge is 0.492 e. The molecule has 0 aliphatic heterocycles. The summed E-state index contributed by atoms with van der Waals surface area (Å²) < 4.78 is 0.498. The van der Waals surface area contributed by atoms with Gasteiger partial charge in [0.2, 0.25) is 5.88 Å². The number of nitrogens with zero attached hydrogens (tertiary/aromatic N) is 4. The Kier molecular flexibility index (Phi) is 5.29. The van der Waals surface area contributed by atoms with Crippen molar-refractivity contribution in [1.29, 1.82) is 5.26 Å². The summed E-state index contributed by atoms with van der Waals surface area (Å²) in [5.74, 6) is -0.269. The van der Waals surface area contributed by atoms with Crippen molar-refractivity contribution in [2.45, 2.75) is 38.5 Å². The molecule has 0 bridgehead atoms. The number of carbonyl (C=O) groups is 1. The van der Waals surface area contributed by atoms with Crippen LogP contribution in [0, 0.1) is 36.0 Å². The van der Waals surface area contributed by atoms with Gasteiger partial charge in [0, 0.05) is 28.7 Å². The third-order valence-corrected chi connectivity index (χ3v) is 7.93. The number of hydrogen-bond donors (Lipinski definition) is 1. The summed E-state index contributed by atoms with van der Waals surface area (Å²) in [6, 6.07) is 14.3. The van der Waals surface area contributed by atoms with E-state index in [1.807, 2.05) is 38.1 Å². The number of pyridine rings is 1. The molecule has 2 heterocycles. The number of hydrogen-bond acceptors (Lipinski definition) is 6. The first-order valence-electron chi connectivity index (χ1n) is 11.1. The third-order valence-electron chi connectivity index (χ3n) is 7.34. The number of aryl methyl sites for hydroxylation is 1. The van der Waals surface area contributed by atoms with E-state index in [0.717, 1.165) is 40.9 Å². The van der Waals surface area contributed by atoms with Crippen LogP contribution in [0.25, 0.3) is 11.3 Å². The maximum absolute atomic E-state index is 13.0. The van der Waals surface area contributed by atoms with Crippen LogP contribution in [0.3, 0.4) is 0 Å². The topological polar surface area (TPSA) is 99.8 Å². The molecule has 0 amide bonds. The van der Waals surface area contributed by atoms with Crippen LogP contribution in [-0.4, -0.2) is 25.8 Å². The van der Waals surface area contributed by atoms with Crippen molar-refractivity contribution in [3.05, 3.63) is 69.7 Å². The number of fused-ring (bicyclic) bond motifs is 3. The summed E-state index contributed by atoms with van der Waals surface area (Å²) in [5.41, 5.74) is 4.06. The number of ketones is 1. The van der Waals surface area contributed by atoms with Gasteiger partial charge >= 0.3 is 0 Å². The van der Waals surface area contributed by atoms with E-state index in [1.165, 1.54) is 0 Å². The molecule has 6 nitrogen and oxygen atoms in total. The second-order valence-corrected chi connectivity index (χ2v) is 9.89. The summed E-state index contributed by atoms with van der Waals surface area (Å²) in [6.45, 7) is 3.84. The van der Waals surface area contributed by atoms with E-state index < -0.39 is 11.3 Å². The molecule has 2 aliphatic rings. The molecular formula is C26H23BrN4O2. The lowest BCUT2D eigenvalue weighted by molar-refractivity contribution is -0.131. The molecule has 1 fully saturated rings. The second-order valence-electron chi connectivity index (χ2n) is 9.04. The maximum Gasteiger partial charge on any atom is 0.225 e. The van der Waals surface area contributed by atoms with Crippen LogP contribution in [-0.2, 0) is 16.6 Å². The highest BCUT2D eigenvalue weighted by atomic mass is 79.9. The highest BCUT2D eigenvalue weighted by molar-refractivity contribution is 9.10. The standard InChI is InChI=1S/C26H23BrN4O2/c1-14-20-9-8-19-22(16-10-21(27)25(33)29-13-16)30-15(2)31-24(19)26(20,11-17(12-28)23(14)32)18-6-4-3-5-7-18/h3-7,10,13-14,17,20H,8-9,11H2,1-2H3,(H,29,33)/t14-,17?,20-,26-/m0/s1. The lowest BCUT2D eigenvalue weighted by atomic mass is 9.51. The van der Waals surface area contributed by atoms with E-state index in [1.54, 1.807) is 6.20 Å². The lowest BCUT2D eigenvalue weighted by Gasteiger charge is -2.51. The second kappa shape index (κ2) is 8.03. The van der Waals surface area contributed by atoms with Crippen molar-refractivity contribution >= 4 is 21.7 Å². The third kappa shape index (κ3) is 3.27. The quantitative estimate of drug-likeness (QED) is 0.534. The fraction of sp³-hybridized carbons (Fsp3) is 0.346. The molecular weight excluding hydrogens is 480 g/mol. The van der Waals surface area contributed by atoms with Crippen LogP contribution >= 0.6 is 15.9 Å². The van der Waals surface area contributed by atoms with Crippen molar-refractivity contribution in [3.8, 4) is 23.2 Å². The average Bonchev–Trinajstić information content (AvgIpc) is 2.83. The lowest BCUT2D eigenvalue weighted by Crippen LogP contribution is -2.53. The predicted molar refractivity (Wildman–Crippen MR) is 126 cm³/mol. The van der Waals surface area contributed by atoms with E-state index in [2.05, 4.69) is 39.1 Å². The molecule has 33 heavy (non-hydrogen) atoms. The van der Waals surface area contributed by atoms with Gasteiger partial charge < -0.3 is 5.11 Å². The van der Waals surface area contributed by atoms with Crippen molar-refractivity contribution in [3.63, 3.8) is 0 Å². The Balaban J connectivity index is 1.81. The minimum Gasteiger partial charge on any atom is -0.492 e. The van der Waals surface area contributed by atoms with Crippen LogP contribution in [0.4, 0.5) is 0 Å². The molecule has 1 saturated carbocycles. The SMILES string of the molecule is Cc1nc(-c2cnc(O)c(Br)c2)c2c(n1)[C@]1(c3ccccc3)CC(C#N)C(=O)[C@@H](C)[C@@H]1CC2. The van der Waals surface area contributed by atoms with E-state index in [4.69, 9.17) is 9.97 Å². The Hall–Kier alpha value is -3.11. The van der Waals surface area contributed by atoms with E-state index >= 15 is 0 Å². The van der Waals surface area contributed by atoms with E-state index in [9.17, 15) is 15.2 Å². The van der Waals surface area contributed by atoms with Gasteiger partial charge in [-0.3, -0.25) is 4.79 Å². The Morgan fingerprint density at radius 2 is 2.00 bits per heavy atom. The van der Waals surface area contributed by atoms with Crippen molar-refractivity contribution in [2.75, 3.05) is 0 Å². The van der Waals surface area contributed by atoms with Gasteiger partial charge in [0.25, 0.3) is 0 Å². The maximum atomic E-state index is 13.0. The van der Waals surface area contributed by atoms with Gasteiger partial charge in [0.15, 0.2) is 5.78 Å². The summed E-state index contributed by atoms with van der Waals surface area (Å²) in [5, 5.41) is 19.8. The molecule has 3 aromatic rings. The minimum atomic E-state index is -0.675. The first-order valence-corrected chi connectivity index (χ1v) is 11.9. The molecule has 7 heteroatoms. The molecule has 1 aromatic carbocycles. The first kappa shape index (κ1) is 21.7. The van der Waals surface area contributed by atoms with Crippen LogP contribution < -0.4 is 0 Å². The number of rotatable bonds is 2. The summed E-state index contributed by atoms with van der Waals surface area (Å²) in [4.78, 5) is 26.9.